The highest BCUT2D eigenvalue weighted by Crippen LogP contribution is 2.15. The smallest absolute Gasteiger partial charge is 0.347 e. The summed E-state index contributed by atoms with van der Waals surface area (Å²) in [6, 6.07) is 6.05. The minimum absolute atomic E-state index is 0. The van der Waals surface area contributed by atoms with Crippen LogP contribution in [-0.4, -0.2) is 26.1 Å². The summed E-state index contributed by atoms with van der Waals surface area (Å²) in [5.41, 5.74) is 3.59. The number of fused-ring (bicyclic) bond motifs is 1. The van der Waals surface area contributed by atoms with Gasteiger partial charge in [0.2, 0.25) is 0 Å². The van der Waals surface area contributed by atoms with E-state index in [2.05, 4.69) is 20.5 Å². The van der Waals surface area contributed by atoms with Crippen LogP contribution in [0.25, 0.3) is 5.65 Å². The Hall–Kier alpha value is -2.34. The third kappa shape index (κ3) is 3.46. The van der Waals surface area contributed by atoms with Gasteiger partial charge in [0.15, 0.2) is 5.65 Å². The van der Waals surface area contributed by atoms with E-state index < -0.39 is 0 Å². The lowest BCUT2D eigenvalue weighted by molar-refractivity contribution is 0.860. The molecule has 0 fully saturated rings. The molecular weight excluding hydrogens is 302 g/mol. The number of aromatic nitrogens is 4. The van der Waals surface area contributed by atoms with Crippen LogP contribution in [0.2, 0.25) is 0 Å². The molecule has 0 radical (unpaired) electrons. The molecule has 0 atom stereocenters. The van der Waals surface area contributed by atoms with Crippen molar-refractivity contribution < 1.29 is 0 Å². The van der Waals surface area contributed by atoms with E-state index in [1.165, 1.54) is 9.96 Å². The predicted molar refractivity (Wildman–Crippen MR) is 88.8 cm³/mol. The number of pyridine rings is 2. The molecule has 0 amide bonds. The molecule has 0 saturated carbocycles. The van der Waals surface area contributed by atoms with Crippen molar-refractivity contribution in [3.05, 3.63) is 58.4 Å². The predicted octanol–water partition coefficient (Wildman–Crippen LogP) is 2.19. The fraction of sp³-hybridized carbons (Fsp3) is 0.267. The number of aryl methyl sites for hydroxylation is 2. The van der Waals surface area contributed by atoms with Gasteiger partial charge >= 0.3 is 5.69 Å². The first-order valence-electron chi connectivity index (χ1n) is 6.94. The lowest BCUT2D eigenvalue weighted by Crippen LogP contribution is -2.11. The zero-order valence-corrected chi connectivity index (χ0v) is 13.1. The van der Waals surface area contributed by atoms with Crippen molar-refractivity contribution in [1.82, 2.24) is 19.6 Å². The molecule has 0 spiro atoms. The van der Waals surface area contributed by atoms with Gasteiger partial charge in [0, 0.05) is 25.1 Å². The van der Waals surface area contributed by atoms with E-state index >= 15 is 0 Å². The molecule has 116 valence electrons. The molecule has 3 heterocycles. The van der Waals surface area contributed by atoms with E-state index in [1.54, 1.807) is 6.20 Å². The molecule has 0 aliphatic carbocycles. The van der Waals surface area contributed by atoms with Crippen molar-refractivity contribution in [2.45, 2.75) is 19.8 Å². The van der Waals surface area contributed by atoms with Crippen LogP contribution < -0.4 is 11.0 Å². The summed E-state index contributed by atoms with van der Waals surface area (Å²) in [7, 11) is 0. The highest BCUT2D eigenvalue weighted by Gasteiger charge is 2.06. The Labute approximate surface area is 134 Å². The van der Waals surface area contributed by atoms with Crippen LogP contribution in [0.3, 0.4) is 0 Å². The van der Waals surface area contributed by atoms with Crippen molar-refractivity contribution in [2.24, 2.45) is 0 Å². The highest BCUT2D eigenvalue weighted by atomic mass is 35.5. The van der Waals surface area contributed by atoms with E-state index in [1.807, 2.05) is 37.5 Å². The SMILES string of the molecule is Cc1cc(NCCCc2ccncc2)c2n[nH]c(=O)n2c1.Cl. The monoisotopic (exact) mass is 319 g/mol. The average molecular weight is 320 g/mol. The van der Waals surface area contributed by atoms with Crippen LogP contribution in [0.4, 0.5) is 5.69 Å². The van der Waals surface area contributed by atoms with E-state index in [0.717, 1.165) is 30.6 Å². The molecule has 3 rings (SSSR count). The first kappa shape index (κ1) is 16.0. The van der Waals surface area contributed by atoms with Crippen molar-refractivity contribution in [3.8, 4) is 0 Å². The summed E-state index contributed by atoms with van der Waals surface area (Å²) in [4.78, 5) is 15.6. The fourth-order valence-electron chi connectivity index (χ4n) is 2.34. The van der Waals surface area contributed by atoms with Gasteiger partial charge in [-0.25, -0.2) is 14.3 Å². The van der Waals surface area contributed by atoms with Gasteiger partial charge < -0.3 is 5.32 Å². The molecule has 3 aromatic heterocycles. The molecule has 2 N–H and O–H groups in total. The molecule has 0 saturated heterocycles. The summed E-state index contributed by atoms with van der Waals surface area (Å²) in [6.07, 6.45) is 7.39. The standard InChI is InChI=1S/C15H17N5O.ClH/c1-11-9-13(14-18-19-15(21)20(14)10-11)17-6-2-3-12-4-7-16-8-5-12;/h4-5,7-10,17H,2-3,6H2,1H3,(H,19,21);1H. The normalized spacial score (nSPS) is 10.4. The lowest BCUT2D eigenvalue weighted by atomic mass is 10.1. The molecule has 0 aliphatic heterocycles. The molecule has 7 heteroatoms. The summed E-state index contributed by atoms with van der Waals surface area (Å²) in [5, 5.41) is 9.88. The molecule has 22 heavy (non-hydrogen) atoms. The van der Waals surface area contributed by atoms with Gasteiger partial charge in [0.25, 0.3) is 0 Å². The van der Waals surface area contributed by atoms with Gasteiger partial charge in [-0.2, -0.15) is 5.10 Å². The number of nitrogens with zero attached hydrogens (tertiary/aromatic N) is 3. The van der Waals surface area contributed by atoms with Gasteiger partial charge in [-0.1, -0.05) is 0 Å². The van der Waals surface area contributed by atoms with Gasteiger partial charge in [-0.05, 0) is 49.1 Å². The van der Waals surface area contributed by atoms with Gasteiger partial charge in [-0.15, -0.1) is 12.4 Å². The highest BCUT2D eigenvalue weighted by molar-refractivity contribution is 5.85. The van der Waals surface area contributed by atoms with Gasteiger partial charge in [0.05, 0.1) is 5.69 Å². The Balaban J connectivity index is 0.00000176. The molecule has 3 aromatic rings. The summed E-state index contributed by atoms with van der Waals surface area (Å²) >= 11 is 0. The zero-order chi connectivity index (χ0) is 14.7. The third-order valence-corrected chi connectivity index (χ3v) is 3.36. The summed E-state index contributed by atoms with van der Waals surface area (Å²) in [5.74, 6) is 0. The zero-order valence-electron chi connectivity index (χ0n) is 12.2. The van der Waals surface area contributed by atoms with Gasteiger partial charge in [0.1, 0.15) is 0 Å². The van der Waals surface area contributed by atoms with Crippen LogP contribution in [0.1, 0.15) is 17.5 Å². The van der Waals surface area contributed by atoms with Crippen LogP contribution in [0.15, 0.2) is 41.6 Å². The number of rotatable bonds is 5. The maximum absolute atomic E-state index is 11.6. The quantitative estimate of drug-likeness (QED) is 0.707. The lowest BCUT2D eigenvalue weighted by Gasteiger charge is -2.08. The molecule has 0 aromatic carbocycles. The van der Waals surface area contributed by atoms with E-state index in [4.69, 9.17) is 0 Å². The van der Waals surface area contributed by atoms with Crippen molar-refractivity contribution >= 4 is 23.7 Å². The minimum Gasteiger partial charge on any atom is -0.382 e. The van der Waals surface area contributed by atoms with Crippen molar-refractivity contribution in [1.29, 1.82) is 0 Å². The topological polar surface area (TPSA) is 75.1 Å². The number of hydrogen-bond donors (Lipinski definition) is 2. The largest absolute Gasteiger partial charge is 0.382 e. The molecule has 6 nitrogen and oxygen atoms in total. The first-order valence-corrected chi connectivity index (χ1v) is 6.94. The van der Waals surface area contributed by atoms with E-state index in [-0.39, 0.29) is 18.1 Å². The molecule has 0 aliphatic rings. The minimum atomic E-state index is -0.214. The first-order chi connectivity index (χ1) is 10.2. The number of hydrogen-bond acceptors (Lipinski definition) is 4. The number of halogens is 1. The fourth-order valence-corrected chi connectivity index (χ4v) is 2.34. The van der Waals surface area contributed by atoms with Crippen molar-refractivity contribution in [2.75, 3.05) is 11.9 Å². The maximum Gasteiger partial charge on any atom is 0.347 e. The Kier molecular flexibility index (Phi) is 5.16. The number of anilines is 1. The van der Waals surface area contributed by atoms with E-state index in [9.17, 15) is 4.79 Å². The summed E-state index contributed by atoms with van der Waals surface area (Å²) < 4.78 is 1.53. The molecule has 0 unspecified atom stereocenters. The number of H-pyrrole nitrogens is 1. The van der Waals surface area contributed by atoms with Crippen LogP contribution in [-0.2, 0) is 6.42 Å². The van der Waals surface area contributed by atoms with Crippen LogP contribution in [0, 0.1) is 6.92 Å². The molecule has 0 bridgehead atoms. The second-order valence-corrected chi connectivity index (χ2v) is 5.04. The van der Waals surface area contributed by atoms with Crippen LogP contribution in [0.5, 0.6) is 0 Å². The van der Waals surface area contributed by atoms with E-state index in [0.29, 0.717) is 5.65 Å². The maximum atomic E-state index is 11.6. The van der Waals surface area contributed by atoms with Crippen molar-refractivity contribution in [3.63, 3.8) is 0 Å². The average Bonchev–Trinajstić information content (AvgIpc) is 2.86. The van der Waals surface area contributed by atoms with Crippen LogP contribution >= 0.6 is 12.4 Å². The number of aromatic amines is 1. The Morgan fingerprint density at radius 1 is 1.32 bits per heavy atom. The third-order valence-electron chi connectivity index (χ3n) is 3.36. The second kappa shape index (κ2) is 7.09. The Morgan fingerprint density at radius 3 is 2.86 bits per heavy atom. The second-order valence-electron chi connectivity index (χ2n) is 5.04. The Bertz CT molecular complexity index is 797. The molecular formula is C15H18ClN5O. The number of nitrogens with one attached hydrogen (secondary N) is 2. The Morgan fingerprint density at radius 2 is 2.09 bits per heavy atom. The van der Waals surface area contributed by atoms with Gasteiger partial charge in [-0.3, -0.25) is 4.98 Å². The summed E-state index contributed by atoms with van der Waals surface area (Å²) in [6.45, 7) is 2.78.